The zero-order valence-electron chi connectivity index (χ0n) is 9.46. The van der Waals surface area contributed by atoms with Gasteiger partial charge in [-0.1, -0.05) is 0 Å². The Kier molecular flexibility index (Phi) is 3.69. The Hall–Kier alpha value is -1.20. The van der Waals surface area contributed by atoms with Crippen molar-refractivity contribution in [3.8, 4) is 5.88 Å². The first kappa shape index (κ1) is 11.3. The molecule has 2 heterocycles. The molecular formula is C11H17N3O2. The Bertz CT molecular complexity index is 346. The Balaban J connectivity index is 2.08. The van der Waals surface area contributed by atoms with Crippen LogP contribution in [0.2, 0.25) is 0 Å². The van der Waals surface area contributed by atoms with Crippen LogP contribution in [0.15, 0.2) is 12.4 Å². The maximum atomic E-state index is 9.23. The summed E-state index contributed by atoms with van der Waals surface area (Å²) in [6.07, 6.45) is 5.48. The molecule has 0 amide bonds. The lowest BCUT2D eigenvalue weighted by molar-refractivity contribution is 0.151. The number of aromatic nitrogens is 2. The summed E-state index contributed by atoms with van der Waals surface area (Å²) in [5.74, 6) is 0.575. The van der Waals surface area contributed by atoms with Crippen molar-refractivity contribution in [2.45, 2.75) is 25.4 Å². The third-order valence-electron chi connectivity index (χ3n) is 2.99. The van der Waals surface area contributed by atoms with Gasteiger partial charge in [0.15, 0.2) is 0 Å². The van der Waals surface area contributed by atoms with Crippen molar-refractivity contribution in [2.75, 3.05) is 20.3 Å². The second-order valence-corrected chi connectivity index (χ2v) is 3.96. The van der Waals surface area contributed by atoms with Crippen molar-refractivity contribution in [3.63, 3.8) is 0 Å². The highest BCUT2D eigenvalue weighted by molar-refractivity contribution is 5.17. The molecule has 1 aromatic rings. The number of rotatable bonds is 4. The zero-order chi connectivity index (χ0) is 11.4. The summed E-state index contributed by atoms with van der Waals surface area (Å²) in [6, 6.07) is 0.256. The summed E-state index contributed by atoms with van der Waals surface area (Å²) < 4.78 is 5.16. The molecule has 1 N–H and O–H groups in total. The highest BCUT2D eigenvalue weighted by Crippen LogP contribution is 2.21. The molecule has 0 spiro atoms. The fourth-order valence-corrected chi connectivity index (χ4v) is 2.14. The SMILES string of the molecule is COc1nccnc1CN1CCC[C@@H]1CO. The van der Waals surface area contributed by atoms with Crippen molar-refractivity contribution >= 4 is 0 Å². The van der Waals surface area contributed by atoms with E-state index in [0.717, 1.165) is 25.1 Å². The molecule has 0 aliphatic carbocycles. The molecule has 5 heteroatoms. The maximum absolute atomic E-state index is 9.23. The van der Waals surface area contributed by atoms with Crippen molar-refractivity contribution in [3.05, 3.63) is 18.1 Å². The van der Waals surface area contributed by atoms with Gasteiger partial charge in [-0.15, -0.1) is 0 Å². The zero-order valence-corrected chi connectivity index (χ0v) is 9.46. The van der Waals surface area contributed by atoms with Crippen LogP contribution >= 0.6 is 0 Å². The molecule has 16 heavy (non-hydrogen) atoms. The molecule has 1 aromatic heterocycles. The molecule has 0 bridgehead atoms. The van der Waals surface area contributed by atoms with Crippen LogP contribution in [0.4, 0.5) is 0 Å². The summed E-state index contributed by atoms with van der Waals surface area (Å²) in [6.45, 7) is 1.91. The summed E-state index contributed by atoms with van der Waals surface area (Å²) in [7, 11) is 1.60. The average Bonchev–Trinajstić information content (AvgIpc) is 2.77. The lowest BCUT2D eigenvalue weighted by Gasteiger charge is -2.22. The normalized spacial score (nSPS) is 21.2. The van der Waals surface area contributed by atoms with Crippen molar-refractivity contribution in [1.82, 2.24) is 14.9 Å². The standard InChI is InChI=1S/C11H17N3O2/c1-16-11-10(12-4-5-13-11)7-14-6-2-3-9(14)8-15/h4-5,9,15H,2-3,6-8H2,1H3/t9-/m1/s1. The van der Waals surface area contributed by atoms with Crippen LogP contribution in [-0.2, 0) is 6.54 Å². The summed E-state index contributed by atoms with van der Waals surface area (Å²) in [5, 5.41) is 9.23. The van der Waals surface area contributed by atoms with Gasteiger partial charge in [-0.25, -0.2) is 4.98 Å². The van der Waals surface area contributed by atoms with Gasteiger partial charge in [-0.05, 0) is 19.4 Å². The fourth-order valence-electron chi connectivity index (χ4n) is 2.14. The predicted octanol–water partition coefficient (Wildman–Crippen LogP) is 0.442. The molecule has 5 nitrogen and oxygen atoms in total. The van der Waals surface area contributed by atoms with E-state index >= 15 is 0 Å². The minimum Gasteiger partial charge on any atom is -0.480 e. The number of aliphatic hydroxyl groups excluding tert-OH is 1. The van der Waals surface area contributed by atoms with E-state index in [1.807, 2.05) is 0 Å². The molecule has 0 radical (unpaired) electrons. The molecule has 1 saturated heterocycles. The van der Waals surface area contributed by atoms with Gasteiger partial charge in [0.05, 0.1) is 13.7 Å². The van der Waals surface area contributed by atoms with E-state index < -0.39 is 0 Å². The van der Waals surface area contributed by atoms with E-state index in [4.69, 9.17) is 4.74 Å². The Morgan fingerprint density at radius 3 is 3.06 bits per heavy atom. The van der Waals surface area contributed by atoms with Crippen LogP contribution in [0.5, 0.6) is 5.88 Å². The van der Waals surface area contributed by atoms with Gasteiger partial charge in [0, 0.05) is 25.0 Å². The van der Waals surface area contributed by atoms with E-state index in [0.29, 0.717) is 12.4 Å². The lowest BCUT2D eigenvalue weighted by Crippen LogP contribution is -2.32. The van der Waals surface area contributed by atoms with Crippen LogP contribution < -0.4 is 4.74 Å². The first-order valence-corrected chi connectivity index (χ1v) is 5.54. The van der Waals surface area contributed by atoms with Crippen LogP contribution in [0, 0.1) is 0 Å². The fraction of sp³-hybridized carbons (Fsp3) is 0.636. The number of methoxy groups -OCH3 is 1. The molecular weight excluding hydrogens is 206 g/mol. The second kappa shape index (κ2) is 5.23. The van der Waals surface area contributed by atoms with Gasteiger partial charge in [0.1, 0.15) is 5.69 Å². The predicted molar refractivity (Wildman–Crippen MR) is 59.1 cm³/mol. The molecule has 1 atom stereocenters. The van der Waals surface area contributed by atoms with Gasteiger partial charge in [-0.3, -0.25) is 9.88 Å². The van der Waals surface area contributed by atoms with Crippen LogP contribution in [0.3, 0.4) is 0 Å². The molecule has 1 aliphatic rings. The van der Waals surface area contributed by atoms with E-state index in [1.165, 1.54) is 0 Å². The third kappa shape index (κ3) is 2.31. The highest BCUT2D eigenvalue weighted by atomic mass is 16.5. The molecule has 2 rings (SSSR count). The maximum Gasteiger partial charge on any atom is 0.236 e. The highest BCUT2D eigenvalue weighted by Gasteiger charge is 2.25. The number of ether oxygens (including phenoxy) is 1. The van der Waals surface area contributed by atoms with Crippen molar-refractivity contribution < 1.29 is 9.84 Å². The van der Waals surface area contributed by atoms with Gasteiger partial charge in [-0.2, -0.15) is 0 Å². The Morgan fingerprint density at radius 1 is 1.50 bits per heavy atom. The quantitative estimate of drug-likeness (QED) is 0.802. The topological polar surface area (TPSA) is 58.5 Å². The van der Waals surface area contributed by atoms with E-state index in [1.54, 1.807) is 19.5 Å². The molecule has 1 fully saturated rings. The second-order valence-electron chi connectivity index (χ2n) is 3.96. The Morgan fingerprint density at radius 2 is 2.31 bits per heavy atom. The minimum absolute atomic E-state index is 0.211. The monoisotopic (exact) mass is 223 g/mol. The smallest absolute Gasteiger partial charge is 0.236 e. The van der Waals surface area contributed by atoms with E-state index in [9.17, 15) is 5.11 Å². The van der Waals surface area contributed by atoms with Gasteiger partial charge in [0.25, 0.3) is 0 Å². The number of hydrogen-bond donors (Lipinski definition) is 1. The summed E-state index contributed by atoms with van der Waals surface area (Å²) in [4.78, 5) is 10.6. The van der Waals surface area contributed by atoms with Gasteiger partial charge in [0.2, 0.25) is 5.88 Å². The molecule has 88 valence electrons. The molecule has 0 aromatic carbocycles. The Labute approximate surface area is 95.1 Å². The molecule has 0 unspecified atom stereocenters. The van der Waals surface area contributed by atoms with E-state index in [-0.39, 0.29) is 12.6 Å². The largest absolute Gasteiger partial charge is 0.480 e. The molecule has 0 saturated carbocycles. The summed E-state index contributed by atoms with van der Waals surface area (Å²) in [5.41, 5.74) is 0.838. The van der Waals surface area contributed by atoms with Crippen molar-refractivity contribution in [1.29, 1.82) is 0 Å². The number of nitrogens with zero attached hydrogens (tertiary/aromatic N) is 3. The molecule has 1 aliphatic heterocycles. The minimum atomic E-state index is 0.211. The third-order valence-corrected chi connectivity index (χ3v) is 2.99. The number of likely N-dealkylation sites (tertiary alicyclic amines) is 1. The van der Waals surface area contributed by atoms with E-state index in [2.05, 4.69) is 14.9 Å². The first-order chi connectivity index (χ1) is 7.85. The van der Waals surface area contributed by atoms with Gasteiger partial charge < -0.3 is 9.84 Å². The first-order valence-electron chi connectivity index (χ1n) is 5.54. The van der Waals surface area contributed by atoms with Crippen LogP contribution in [-0.4, -0.2) is 46.3 Å². The lowest BCUT2D eigenvalue weighted by atomic mass is 10.2. The van der Waals surface area contributed by atoms with Crippen LogP contribution in [0.25, 0.3) is 0 Å². The average molecular weight is 223 g/mol. The number of hydrogen-bond acceptors (Lipinski definition) is 5. The summed E-state index contributed by atoms with van der Waals surface area (Å²) >= 11 is 0. The van der Waals surface area contributed by atoms with Crippen LogP contribution in [0.1, 0.15) is 18.5 Å². The van der Waals surface area contributed by atoms with Gasteiger partial charge >= 0.3 is 0 Å². The number of aliphatic hydroxyl groups is 1. The van der Waals surface area contributed by atoms with Crippen molar-refractivity contribution in [2.24, 2.45) is 0 Å².